The van der Waals surface area contributed by atoms with Crippen molar-refractivity contribution in [3.05, 3.63) is 11.6 Å². The lowest BCUT2D eigenvalue weighted by Gasteiger charge is -2.33. The van der Waals surface area contributed by atoms with Gasteiger partial charge in [0.05, 0.1) is 18.6 Å². The Hall–Kier alpha value is -1.43. The Kier molecular flexibility index (Phi) is 3.38. The monoisotopic (exact) mass is 251 g/mol. The molecule has 0 aliphatic carbocycles. The smallest absolute Gasteiger partial charge is 0.242 e. The van der Waals surface area contributed by atoms with Gasteiger partial charge in [0.2, 0.25) is 5.91 Å². The lowest BCUT2D eigenvalue weighted by Crippen LogP contribution is -2.54. The molecule has 18 heavy (non-hydrogen) atoms. The maximum Gasteiger partial charge on any atom is 0.242 e. The third-order valence-corrected chi connectivity index (χ3v) is 3.31. The van der Waals surface area contributed by atoms with E-state index in [-0.39, 0.29) is 5.91 Å². The first-order chi connectivity index (χ1) is 8.44. The van der Waals surface area contributed by atoms with Crippen molar-refractivity contribution in [1.82, 2.24) is 19.7 Å². The van der Waals surface area contributed by atoms with Crippen LogP contribution in [0, 0.1) is 6.92 Å². The van der Waals surface area contributed by atoms with Gasteiger partial charge in [-0.1, -0.05) is 13.3 Å². The van der Waals surface area contributed by atoms with Gasteiger partial charge in [-0.05, 0) is 20.3 Å². The van der Waals surface area contributed by atoms with Crippen LogP contribution in [0.4, 0.5) is 0 Å². The zero-order valence-electron chi connectivity index (χ0n) is 11.3. The minimum atomic E-state index is -0.772. The van der Waals surface area contributed by atoms with Gasteiger partial charge in [0.15, 0.2) is 0 Å². The van der Waals surface area contributed by atoms with Gasteiger partial charge in [-0.25, -0.2) is 9.67 Å². The zero-order valence-corrected chi connectivity index (χ0v) is 11.3. The maximum atomic E-state index is 12.4. The molecule has 2 heterocycles. The van der Waals surface area contributed by atoms with E-state index in [0.29, 0.717) is 26.1 Å². The summed E-state index contributed by atoms with van der Waals surface area (Å²) in [6.45, 7) is 7.57. The number of carbonyl (C=O) groups is 1. The SMILES string of the molecule is CCCC(C)(N)C(=O)N1CCn2nc(C)nc2C1. The second-order valence-corrected chi connectivity index (χ2v) is 5.19. The molecule has 100 valence electrons. The number of rotatable bonds is 3. The van der Waals surface area contributed by atoms with Crippen LogP contribution in [0.3, 0.4) is 0 Å². The molecule has 1 aliphatic heterocycles. The highest BCUT2D eigenvalue weighted by atomic mass is 16.2. The Morgan fingerprint density at radius 1 is 1.50 bits per heavy atom. The number of carbonyl (C=O) groups excluding carboxylic acids is 1. The molecule has 1 unspecified atom stereocenters. The van der Waals surface area contributed by atoms with Crippen molar-refractivity contribution in [2.45, 2.75) is 52.2 Å². The molecule has 1 aromatic heterocycles. The number of nitrogens with zero attached hydrogens (tertiary/aromatic N) is 4. The van der Waals surface area contributed by atoms with Crippen molar-refractivity contribution >= 4 is 5.91 Å². The maximum absolute atomic E-state index is 12.4. The number of hydrogen-bond donors (Lipinski definition) is 1. The molecule has 0 bridgehead atoms. The molecule has 0 aromatic carbocycles. The van der Waals surface area contributed by atoms with Gasteiger partial charge in [0, 0.05) is 6.54 Å². The molecule has 2 N–H and O–H groups in total. The molecule has 6 heteroatoms. The molecule has 0 radical (unpaired) electrons. The van der Waals surface area contributed by atoms with E-state index in [1.54, 1.807) is 4.90 Å². The van der Waals surface area contributed by atoms with Crippen LogP contribution >= 0.6 is 0 Å². The van der Waals surface area contributed by atoms with E-state index in [1.165, 1.54) is 0 Å². The van der Waals surface area contributed by atoms with E-state index in [9.17, 15) is 4.79 Å². The second kappa shape index (κ2) is 4.68. The fourth-order valence-corrected chi connectivity index (χ4v) is 2.42. The van der Waals surface area contributed by atoms with Crippen molar-refractivity contribution in [1.29, 1.82) is 0 Å². The average Bonchev–Trinajstić information content (AvgIpc) is 2.66. The largest absolute Gasteiger partial charge is 0.332 e. The van der Waals surface area contributed by atoms with Gasteiger partial charge in [0.25, 0.3) is 0 Å². The van der Waals surface area contributed by atoms with Crippen molar-refractivity contribution in [3.63, 3.8) is 0 Å². The summed E-state index contributed by atoms with van der Waals surface area (Å²) < 4.78 is 1.87. The summed E-state index contributed by atoms with van der Waals surface area (Å²) in [6.07, 6.45) is 1.61. The van der Waals surface area contributed by atoms with E-state index < -0.39 is 5.54 Å². The van der Waals surface area contributed by atoms with E-state index in [0.717, 1.165) is 18.1 Å². The summed E-state index contributed by atoms with van der Waals surface area (Å²) in [7, 11) is 0. The summed E-state index contributed by atoms with van der Waals surface area (Å²) >= 11 is 0. The minimum absolute atomic E-state index is 0.0104. The zero-order chi connectivity index (χ0) is 13.3. The van der Waals surface area contributed by atoms with E-state index in [4.69, 9.17) is 5.73 Å². The number of amides is 1. The predicted molar refractivity (Wildman–Crippen MR) is 67.7 cm³/mol. The van der Waals surface area contributed by atoms with Crippen LogP contribution < -0.4 is 5.73 Å². The van der Waals surface area contributed by atoms with Gasteiger partial charge < -0.3 is 10.6 Å². The molecule has 0 spiro atoms. The highest BCUT2D eigenvalue weighted by molar-refractivity contribution is 5.85. The Morgan fingerprint density at radius 3 is 2.89 bits per heavy atom. The molecule has 1 aliphatic rings. The molecule has 0 fully saturated rings. The highest BCUT2D eigenvalue weighted by Gasteiger charge is 2.34. The van der Waals surface area contributed by atoms with Crippen molar-refractivity contribution in [3.8, 4) is 0 Å². The first-order valence-corrected chi connectivity index (χ1v) is 6.42. The molecular weight excluding hydrogens is 230 g/mol. The molecule has 0 saturated heterocycles. The van der Waals surface area contributed by atoms with Gasteiger partial charge in [0.1, 0.15) is 11.6 Å². The Balaban J connectivity index is 2.11. The summed E-state index contributed by atoms with van der Waals surface area (Å²) in [4.78, 5) is 18.5. The van der Waals surface area contributed by atoms with Gasteiger partial charge >= 0.3 is 0 Å². The van der Waals surface area contributed by atoms with Gasteiger partial charge in [-0.2, -0.15) is 5.10 Å². The summed E-state index contributed by atoms with van der Waals surface area (Å²) in [5.74, 6) is 1.61. The minimum Gasteiger partial charge on any atom is -0.332 e. The molecule has 1 aromatic rings. The number of hydrogen-bond acceptors (Lipinski definition) is 4. The Labute approximate surface area is 107 Å². The fourth-order valence-electron chi connectivity index (χ4n) is 2.42. The molecule has 6 nitrogen and oxygen atoms in total. The summed E-state index contributed by atoms with van der Waals surface area (Å²) in [5, 5.41) is 4.28. The van der Waals surface area contributed by atoms with Gasteiger partial charge in [-0.15, -0.1) is 0 Å². The van der Waals surface area contributed by atoms with E-state index >= 15 is 0 Å². The quantitative estimate of drug-likeness (QED) is 0.846. The second-order valence-electron chi connectivity index (χ2n) is 5.19. The third-order valence-electron chi connectivity index (χ3n) is 3.31. The lowest BCUT2D eigenvalue weighted by atomic mass is 9.95. The number of aromatic nitrogens is 3. The third kappa shape index (κ3) is 2.38. The van der Waals surface area contributed by atoms with Crippen molar-refractivity contribution < 1.29 is 4.79 Å². The summed E-state index contributed by atoms with van der Waals surface area (Å²) in [6, 6.07) is 0. The van der Waals surface area contributed by atoms with Crippen LogP contribution in [0.5, 0.6) is 0 Å². The van der Waals surface area contributed by atoms with Crippen LogP contribution in [0.2, 0.25) is 0 Å². The van der Waals surface area contributed by atoms with Crippen LogP contribution in [-0.2, 0) is 17.9 Å². The average molecular weight is 251 g/mol. The fraction of sp³-hybridized carbons (Fsp3) is 0.750. The summed E-state index contributed by atoms with van der Waals surface area (Å²) in [5.41, 5.74) is 5.32. The number of fused-ring (bicyclic) bond motifs is 1. The van der Waals surface area contributed by atoms with Crippen LogP contribution in [0.25, 0.3) is 0 Å². The van der Waals surface area contributed by atoms with Crippen LogP contribution in [-0.4, -0.2) is 37.7 Å². The molecule has 1 amide bonds. The van der Waals surface area contributed by atoms with E-state index in [2.05, 4.69) is 10.1 Å². The first-order valence-electron chi connectivity index (χ1n) is 6.42. The number of aryl methyl sites for hydroxylation is 1. The normalized spacial score (nSPS) is 18.3. The molecule has 0 saturated carbocycles. The predicted octanol–water partition coefficient (Wildman–Crippen LogP) is 0.446. The van der Waals surface area contributed by atoms with Crippen LogP contribution in [0.1, 0.15) is 38.3 Å². The number of nitrogens with two attached hydrogens (primary N) is 1. The standard InChI is InChI=1S/C12H21N5O/c1-4-5-12(3,13)11(18)16-6-7-17-10(8-16)14-9(2)15-17/h4-8,13H2,1-3H3. The molecule has 2 rings (SSSR count). The van der Waals surface area contributed by atoms with E-state index in [1.807, 2.05) is 25.5 Å². The first kappa shape index (κ1) is 13.0. The molecule has 1 atom stereocenters. The van der Waals surface area contributed by atoms with Gasteiger partial charge in [-0.3, -0.25) is 4.79 Å². The van der Waals surface area contributed by atoms with Crippen molar-refractivity contribution in [2.75, 3.05) is 6.54 Å². The highest BCUT2D eigenvalue weighted by Crippen LogP contribution is 2.17. The van der Waals surface area contributed by atoms with Crippen molar-refractivity contribution in [2.24, 2.45) is 5.73 Å². The lowest BCUT2D eigenvalue weighted by molar-refractivity contribution is -0.138. The topological polar surface area (TPSA) is 77.0 Å². The Bertz CT molecular complexity index is 451. The Morgan fingerprint density at radius 2 is 2.22 bits per heavy atom. The molecular formula is C12H21N5O. The van der Waals surface area contributed by atoms with Crippen LogP contribution in [0.15, 0.2) is 0 Å².